The molecular weight excluding hydrogens is 525 g/mol. The lowest BCUT2D eigenvalue weighted by Gasteiger charge is -2.46. The lowest BCUT2D eigenvalue weighted by atomic mass is 9.99. The van der Waals surface area contributed by atoms with Crippen LogP contribution >= 0.6 is 11.6 Å². The number of amidine groups is 1. The first-order valence-corrected chi connectivity index (χ1v) is 14.2. The second-order valence-electron chi connectivity index (χ2n) is 10.4. The molecular formula is C32H35ClFN5O. The Bertz CT molecular complexity index is 1470. The molecule has 2 aromatic carbocycles. The number of pyridine rings is 1. The van der Waals surface area contributed by atoms with Gasteiger partial charge in [-0.05, 0) is 62.1 Å². The highest BCUT2D eigenvalue weighted by molar-refractivity contribution is 6.33. The Labute approximate surface area is 240 Å². The van der Waals surface area contributed by atoms with Crippen molar-refractivity contribution in [2.75, 3.05) is 24.7 Å². The second-order valence-corrected chi connectivity index (χ2v) is 10.8. The van der Waals surface area contributed by atoms with E-state index in [-0.39, 0.29) is 23.8 Å². The van der Waals surface area contributed by atoms with Gasteiger partial charge in [-0.2, -0.15) is 0 Å². The molecule has 1 amide bonds. The van der Waals surface area contributed by atoms with Gasteiger partial charge in [-0.15, -0.1) is 0 Å². The number of anilines is 2. The molecule has 2 aliphatic rings. The molecule has 2 aliphatic heterocycles. The zero-order valence-electron chi connectivity index (χ0n) is 23.5. The summed E-state index contributed by atoms with van der Waals surface area (Å²) in [4.78, 5) is 28.9. The molecule has 1 saturated heterocycles. The fourth-order valence-electron chi connectivity index (χ4n) is 5.81. The lowest BCUT2D eigenvalue weighted by Crippen LogP contribution is -2.59. The fraction of sp³-hybridized carbons (Fsp3) is 0.344. The highest BCUT2D eigenvalue weighted by Gasteiger charge is 2.37. The third-order valence-corrected chi connectivity index (χ3v) is 8.18. The zero-order valence-corrected chi connectivity index (χ0v) is 24.2. The zero-order chi connectivity index (χ0) is 28.6. The number of aryl methyl sites for hydroxylation is 2. The van der Waals surface area contributed by atoms with E-state index in [4.69, 9.17) is 21.6 Å². The van der Waals surface area contributed by atoms with Gasteiger partial charge in [0.05, 0.1) is 22.0 Å². The first-order chi connectivity index (χ1) is 19.3. The van der Waals surface area contributed by atoms with Gasteiger partial charge in [0.25, 0.3) is 0 Å². The van der Waals surface area contributed by atoms with E-state index in [1.54, 1.807) is 18.2 Å². The van der Waals surface area contributed by atoms with Crippen LogP contribution in [0.4, 0.5) is 15.9 Å². The number of benzene rings is 2. The predicted molar refractivity (Wildman–Crippen MR) is 161 cm³/mol. The van der Waals surface area contributed by atoms with E-state index in [0.717, 1.165) is 29.9 Å². The monoisotopic (exact) mass is 559 g/mol. The molecule has 0 saturated carbocycles. The summed E-state index contributed by atoms with van der Waals surface area (Å²) in [7, 11) is 0. The van der Waals surface area contributed by atoms with Gasteiger partial charge in [-0.3, -0.25) is 4.79 Å². The van der Waals surface area contributed by atoms with E-state index < -0.39 is 0 Å². The molecule has 0 aliphatic carbocycles. The van der Waals surface area contributed by atoms with Crippen molar-refractivity contribution in [3.8, 4) is 11.3 Å². The van der Waals surface area contributed by atoms with E-state index >= 15 is 0 Å². The number of amides is 1. The van der Waals surface area contributed by atoms with Crippen molar-refractivity contribution in [2.24, 2.45) is 4.99 Å². The maximum atomic E-state index is 15.0. The van der Waals surface area contributed by atoms with Crippen molar-refractivity contribution in [2.45, 2.75) is 52.6 Å². The van der Waals surface area contributed by atoms with Gasteiger partial charge in [-0.1, -0.05) is 62.4 Å². The fourth-order valence-corrected chi connectivity index (χ4v) is 6.06. The van der Waals surface area contributed by atoms with Gasteiger partial charge in [0.2, 0.25) is 5.91 Å². The average Bonchev–Trinajstić information content (AvgIpc) is 2.97. The molecule has 2 atom stereocenters. The first kappa shape index (κ1) is 27.8. The second kappa shape index (κ2) is 11.4. The number of piperazine rings is 1. The molecule has 0 bridgehead atoms. The number of carbonyl (C=O) groups excluding carboxylic acids is 1. The van der Waals surface area contributed by atoms with Crippen LogP contribution in [0.1, 0.15) is 44.4 Å². The van der Waals surface area contributed by atoms with Crippen LogP contribution in [-0.4, -0.2) is 58.4 Å². The Balaban J connectivity index is 1.67. The molecule has 0 spiro atoms. The predicted octanol–water partition coefficient (Wildman–Crippen LogP) is 6.63. The van der Waals surface area contributed by atoms with Crippen molar-refractivity contribution in [3.63, 3.8) is 0 Å². The number of aliphatic imine (C=N–C) groups is 1. The van der Waals surface area contributed by atoms with Crippen LogP contribution in [0.25, 0.3) is 11.3 Å². The van der Waals surface area contributed by atoms with E-state index in [1.807, 2.05) is 17.9 Å². The van der Waals surface area contributed by atoms with Crippen LogP contribution in [0.15, 0.2) is 66.2 Å². The van der Waals surface area contributed by atoms with Crippen molar-refractivity contribution < 1.29 is 9.18 Å². The smallest absolute Gasteiger partial charge is 0.246 e. The highest BCUT2D eigenvalue weighted by atomic mass is 35.5. The average molecular weight is 560 g/mol. The topological polar surface area (TPSA) is 52.0 Å². The Kier molecular flexibility index (Phi) is 7.95. The van der Waals surface area contributed by atoms with Gasteiger partial charge in [0.15, 0.2) is 0 Å². The molecule has 2 unspecified atom stereocenters. The van der Waals surface area contributed by atoms with Crippen LogP contribution in [0, 0.1) is 5.82 Å². The van der Waals surface area contributed by atoms with Crippen LogP contribution in [-0.2, 0) is 17.6 Å². The Morgan fingerprint density at radius 1 is 1.05 bits per heavy atom. The van der Waals surface area contributed by atoms with Gasteiger partial charge < -0.3 is 14.7 Å². The number of rotatable bonds is 5. The molecule has 1 fully saturated rings. The summed E-state index contributed by atoms with van der Waals surface area (Å²) < 4.78 is 15.0. The van der Waals surface area contributed by atoms with Crippen molar-refractivity contribution in [3.05, 3.63) is 88.7 Å². The molecule has 3 heterocycles. The molecule has 40 heavy (non-hydrogen) atoms. The summed E-state index contributed by atoms with van der Waals surface area (Å²) in [5.74, 6) is 1.05. The maximum Gasteiger partial charge on any atom is 0.246 e. The van der Waals surface area contributed by atoms with Crippen molar-refractivity contribution in [1.82, 2.24) is 14.8 Å². The Morgan fingerprint density at radius 2 is 1.75 bits per heavy atom. The quantitative estimate of drug-likeness (QED) is 0.329. The molecule has 3 aromatic rings. The molecule has 0 N–H and O–H groups in total. The van der Waals surface area contributed by atoms with Gasteiger partial charge in [-0.25, -0.2) is 14.4 Å². The van der Waals surface area contributed by atoms with Crippen LogP contribution in [0.5, 0.6) is 0 Å². The maximum absolute atomic E-state index is 15.0. The minimum atomic E-state index is -0.373. The molecule has 1 aromatic heterocycles. The minimum Gasteiger partial charge on any atom is -0.350 e. The van der Waals surface area contributed by atoms with Gasteiger partial charge in [0.1, 0.15) is 24.1 Å². The summed E-state index contributed by atoms with van der Waals surface area (Å²) in [6, 6.07) is 14.8. The van der Waals surface area contributed by atoms with E-state index in [1.165, 1.54) is 23.3 Å². The largest absolute Gasteiger partial charge is 0.350 e. The van der Waals surface area contributed by atoms with Crippen molar-refractivity contribution in [1.29, 1.82) is 0 Å². The normalized spacial score (nSPS) is 18.9. The number of nitrogens with zero attached hydrogens (tertiary/aromatic N) is 5. The molecule has 6 nitrogen and oxygen atoms in total. The minimum absolute atomic E-state index is 0.0115. The molecule has 208 valence electrons. The number of halogens is 2. The third kappa shape index (κ3) is 4.87. The summed E-state index contributed by atoms with van der Waals surface area (Å²) in [6.07, 6.45) is 3.08. The number of fused-ring (bicyclic) bond motifs is 1. The standard InChI is InChI=1S/C32H35ClFN5O/c1-6-22-12-11-13-23(7-2)30(22)39-19-35-31(38-18-20(4)37(17-21(38)5)28(40)8-3)25-16-26(33)29(36-32(25)39)24-14-9-10-15-27(24)34/h8-16,20-21H,3,6-7,17-19H2,1-2,4-5H3. The van der Waals surface area contributed by atoms with E-state index in [0.29, 0.717) is 41.9 Å². The van der Waals surface area contributed by atoms with E-state index in [9.17, 15) is 9.18 Å². The Hall–Kier alpha value is -3.71. The highest BCUT2D eigenvalue weighted by Crippen LogP contribution is 2.41. The first-order valence-electron chi connectivity index (χ1n) is 13.9. The van der Waals surface area contributed by atoms with Crippen molar-refractivity contribution >= 4 is 34.8 Å². The summed E-state index contributed by atoms with van der Waals surface area (Å²) in [5, 5.41) is 0.360. The van der Waals surface area contributed by atoms with E-state index in [2.05, 4.69) is 55.3 Å². The number of para-hydroxylation sites is 1. The molecule has 0 radical (unpaired) electrons. The SMILES string of the molecule is C=CC(=O)N1CC(C)N(C2=NCN(c3c(CC)cccc3CC)c3nc(-c4ccccc4F)c(Cl)cc32)CC1C. The Morgan fingerprint density at radius 3 is 2.40 bits per heavy atom. The third-order valence-electron chi connectivity index (χ3n) is 7.89. The summed E-state index contributed by atoms with van der Waals surface area (Å²) in [5.41, 5.74) is 5.05. The van der Waals surface area contributed by atoms with Crippen LogP contribution < -0.4 is 4.90 Å². The number of carbonyl (C=O) groups is 1. The summed E-state index contributed by atoms with van der Waals surface area (Å²) >= 11 is 6.85. The number of hydrogen-bond acceptors (Lipinski definition) is 5. The lowest BCUT2D eigenvalue weighted by molar-refractivity contribution is -0.130. The number of aromatic nitrogens is 1. The van der Waals surface area contributed by atoms with Gasteiger partial charge >= 0.3 is 0 Å². The summed E-state index contributed by atoms with van der Waals surface area (Å²) in [6.45, 7) is 13.6. The molecule has 8 heteroatoms. The number of hydrogen-bond donors (Lipinski definition) is 0. The van der Waals surface area contributed by atoms with Crippen LogP contribution in [0.3, 0.4) is 0 Å². The molecule has 5 rings (SSSR count). The van der Waals surface area contributed by atoms with Gasteiger partial charge in [0, 0.05) is 30.7 Å². The van der Waals surface area contributed by atoms with Crippen LogP contribution in [0.2, 0.25) is 5.02 Å².